The second-order valence-electron chi connectivity index (χ2n) is 6.31. The van der Waals surface area contributed by atoms with Gasteiger partial charge >= 0.3 is 0 Å². The van der Waals surface area contributed by atoms with Gasteiger partial charge < -0.3 is 10.1 Å². The lowest BCUT2D eigenvalue weighted by molar-refractivity contribution is 0.0925. The summed E-state index contributed by atoms with van der Waals surface area (Å²) >= 11 is 0. The predicted octanol–water partition coefficient (Wildman–Crippen LogP) is 2.03. The third kappa shape index (κ3) is 4.83. The minimum absolute atomic E-state index is 0.0638. The molecule has 0 bridgehead atoms. The lowest BCUT2D eigenvalue weighted by Crippen LogP contribution is -2.32. The van der Waals surface area contributed by atoms with Gasteiger partial charge in [-0.15, -0.1) is 0 Å². The molecular weight excluding hydrogens is 352 g/mol. The summed E-state index contributed by atoms with van der Waals surface area (Å²) in [7, 11) is -3.18. The fraction of sp³-hybridized carbons (Fsp3) is 0.316. The Bertz CT molecular complexity index is 879. The molecule has 1 unspecified atom stereocenters. The van der Waals surface area contributed by atoms with Gasteiger partial charge in [0, 0.05) is 24.1 Å². The number of hydrogen-bond acceptors (Lipinski definition) is 4. The van der Waals surface area contributed by atoms with Crippen molar-refractivity contribution in [3.8, 4) is 5.75 Å². The van der Waals surface area contributed by atoms with Gasteiger partial charge in [-0.2, -0.15) is 0 Å². The average Bonchev–Trinajstić information content (AvgIpc) is 2.61. The van der Waals surface area contributed by atoms with E-state index in [1.54, 1.807) is 12.1 Å². The molecule has 6 nitrogen and oxygen atoms in total. The molecule has 0 spiro atoms. The predicted molar refractivity (Wildman–Crippen MR) is 99.8 cm³/mol. The minimum atomic E-state index is -3.18. The third-order valence-electron chi connectivity index (χ3n) is 4.26. The number of benzene rings is 2. The second-order valence-corrected chi connectivity index (χ2v) is 8.15. The molecule has 26 heavy (non-hydrogen) atoms. The molecule has 0 aliphatic carbocycles. The molecule has 2 aromatic rings. The Kier molecular flexibility index (Phi) is 5.58. The Labute approximate surface area is 153 Å². The van der Waals surface area contributed by atoms with Crippen LogP contribution in [0.4, 0.5) is 0 Å². The highest BCUT2D eigenvalue weighted by atomic mass is 32.2. The van der Waals surface area contributed by atoms with E-state index < -0.39 is 10.0 Å². The van der Waals surface area contributed by atoms with Gasteiger partial charge in [0.05, 0.1) is 18.9 Å². The summed E-state index contributed by atoms with van der Waals surface area (Å²) in [5, 5.41) is 3.06. The van der Waals surface area contributed by atoms with Crippen molar-refractivity contribution in [3.05, 3.63) is 65.2 Å². The molecular formula is C19H22N2O4S. The van der Waals surface area contributed by atoms with E-state index in [2.05, 4.69) is 10.0 Å². The largest absolute Gasteiger partial charge is 0.493 e. The van der Waals surface area contributed by atoms with Crippen LogP contribution in [0.2, 0.25) is 0 Å². The first-order chi connectivity index (χ1) is 12.4. The van der Waals surface area contributed by atoms with Crippen LogP contribution >= 0.6 is 0 Å². The van der Waals surface area contributed by atoms with Crippen LogP contribution < -0.4 is 14.8 Å². The van der Waals surface area contributed by atoms with Crippen molar-refractivity contribution >= 4 is 15.9 Å². The molecule has 2 aromatic carbocycles. The first-order valence-corrected chi connectivity index (χ1v) is 10.4. The zero-order valence-electron chi connectivity index (χ0n) is 14.6. The van der Waals surface area contributed by atoms with Crippen molar-refractivity contribution < 1.29 is 17.9 Å². The summed E-state index contributed by atoms with van der Waals surface area (Å²) in [4.78, 5) is 12.5. The van der Waals surface area contributed by atoms with Gasteiger partial charge in [-0.1, -0.05) is 30.3 Å². The molecule has 2 N–H and O–H groups in total. The number of fused-ring (bicyclic) bond motifs is 1. The molecule has 0 radical (unpaired) electrons. The maximum absolute atomic E-state index is 12.5. The van der Waals surface area contributed by atoms with Gasteiger partial charge in [-0.25, -0.2) is 13.1 Å². The summed E-state index contributed by atoms with van der Waals surface area (Å²) in [6.45, 7) is 0.914. The zero-order valence-corrected chi connectivity index (χ0v) is 15.4. The van der Waals surface area contributed by atoms with Crippen LogP contribution in [-0.2, 0) is 16.4 Å². The van der Waals surface area contributed by atoms with Crippen molar-refractivity contribution in [2.75, 3.05) is 19.4 Å². The summed E-state index contributed by atoms with van der Waals surface area (Å²) in [5.74, 6) is 0.685. The standard InChI is InChI=1S/C19H22N2O4S/c1-26(23,24)20-12-10-14-6-8-15(9-7-14)19(22)21-17-11-13-25-18-5-3-2-4-16(17)18/h2-9,17,20H,10-13H2,1H3,(H,21,22). The van der Waals surface area contributed by atoms with E-state index in [0.29, 0.717) is 25.1 Å². The molecule has 0 fully saturated rings. The maximum Gasteiger partial charge on any atom is 0.251 e. The Morgan fingerprint density at radius 1 is 1.15 bits per heavy atom. The number of carbonyl (C=O) groups is 1. The van der Waals surface area contributed by atoms with Crippen molar-refractivity contribution in [1.82, 2.24) is 10.0 Å². The van der Waals surface area contributed by atoms with Crippen molar-refractivity contribution in [1.29, 1.82) is 0 Å². The Morgan fingerprint density at radius 3 is 2.62 bits per heavy atom. The van der Waals surface area contributed by atoms with Gasteiger partial charge in [-0.3, -0.25) is 4.79 Å². The van der Waals surface area contributed by atoms with Gasteiger partial charge in [0.15, 0.2) is 0 Å². The highest BCUT2D eigenvalue weighted by Gasteiger charge is 2.22. The number of rotatable bonds is 6. The topological polar surface area (TPSA) is 84.5 Å². The molecule has 1 aliphatic rings. The lowest BCUT2D eigenvalue weighted by atomic mass is 10.00. The fourth-order valence-corrected chi connectivity index (χ4v) is 3.41. The summed E-state index contributed by atoms with van der Waals surface area (Å²) in [5.41, 5.74) is 2.54. The molecule has 0 saturated carbocycles. The van der Waals surface area contributed by atoms with Crippen LogP contribution in [0.25, 0.3) is 0 Å². The molecule has 7 heteroatoms. The molecule has 1 heterocycles. The van der Waals surface area contributed by atoms with E-state index in [0.717, 1.165) is 29.6 Å². The molecule has 3 rings (SSSR count). The van der Waals surface area contributed by atoms with E-state index in [4.69, 9.17) is 4.74 Å². The third-order valence-corrected chi connectivity index (χ3v) is 4.99. The van der Waals surface area contributed by atoms with E-state index in [-0.39, 0.29) is 11.9 Å². The first kappa shape index (κ1) is 18.4. The Morgan fingerprint density at radius 2 is 1.88 bits per heavy atom. The summed E-state index contributed by atoms with van der Waals surface area (Å²) in [6, 6.07) is 14.9. The van der Waals surface area contributed by atoms with Gasteiger partial charge in [0.25, 0.3) is 5.91 Å². The van der Waals surface area contributed by atoms with Crippen LogP contribution in [0, 0.1) is 0 Å². The summed E-state index contributed by atoms with van der Waals surface area (Å²) < 4.78 is 30.2. The lowest BCUT2D eigenvalue weighted by Gasteiger charge is -2.26. The number of amides is 1. The number of carbonyl (C=O) groups excluding carboxylic acids is 1. The van der Waals surface area contributed by atoms with Crippen LogP contribution in [0.3, 0.4) is 0 Å². The van der Waals surface area contributed by atoms with Crippen molar-refractivity contribution in [3.63, 3.8) is 0 Å². The van der Waals surface area contributed by atoms with E-state index in [1.807, 2.05) is 36.4 Å². The minimum Gasteiger partial charge on any atom is -0.493 e. The molecule has 0 saturated heterocycles. The zero-order chi connectivity index (χ0) is 18.6. The maximum atomic E-state index is 12.5. The molecule has 1 aliphatic heterocycles. The first-order valence-electron chi connectivity index (χ1n) is 8.48. The van der Waals surface area contributed by atoms with Crippen molar-refractivity contribution in [2.24, 2.45) is 0 Å². The number of sulfonamides is 1. The normalized spacial score (nSPS) is 16.4. The fourth-order valence-electron chi connectivity index (χ4n) is 2.94. The van der Waals surface area contributed by atoms with Gasteiger partial charge in [0.2, 0.25) is 10.0 Å². The monoisotopic (exact) mass is 374 g/mol. The van der Waals surface area contributed by atoms with Crippen molar-refractivity contribution in [2.45, 2.75) is 18.9 Å². The number of ether oxygens (including phenoxy) is 1. The van der Waals surface area contributed by atoms with E-state index in [1.165, 1.54) is 0 Å². The van der Waals surface area contributed by atoms with Crippen LogP contribution in [0.1, 0.15) is 33.9 Å². The van der Waals surface area contributed by atoms with Crippen LogP contribution in [-0.4, -0.2) is 33.7 Å². The SMILES string of the molecule is CS(=O)(=O)NCCc1ccc(C(=O)NC2CCOc3ccccc32)cc1. The Hall–Kier alpha value is -2.38. The number of hydrogen-bond donors (Lipinski definition) is 2. The number of para-hydroxylation sites is 1. The average molecular weight is 374 g/mol. The molecule has 138 valence electrons. The highest BCUT2D eigenvalue weighted by Crippen LogP contribution is 2.31. The van der Waals surface area contributed by atoms with E-state index >= 15 is 0 Å². The summed E-state index contributed by atoms with van der Waals surface area (Å²) in [6.07, 6.45) is 2.44. The molecule has 1 amide bonds. The molecule has 1 atom stereocenters. The van der Waals surface area contributed by atoms with Gasteiger partial charge in [0.1, 0.15) is 5.75 Å². The van der Waals surface area contributed by atoms with Gasteiger partial charge in [-0.05, 0) is 30.2 Å². The van der Waals surface area contributed by atoms with E-state index in [9.17, 15) is 13.2 Å². The smallest absolute Gasteiger partial charge is 0.251 e. The molecule has 0 aromatic heterocycles. The quantitative estimate of drug-likeness (QED) is 0.810. The van der Waals surface area contributed by atoms with Crippen LogP contribution in [0.5, 0.6) is 5.75 Å². The second kappa shape index (κ2) is 7.88. The number of nitrogens with one attached hydrogen (secondary N) is 2. The Balaban J connectivity index is 1.61. The van der Waals surface area contributed by atoms with Crippen LogP contribution in [0.15, 0.2) is 48.5 Å². The highest BCUT2D eigenvalue weighted by molar-refractivity contribution is 7.88.